The van der Waals surface area contributed by atoms with Crippen LogP contribution in [0.4, 0.5) is 0 Å². The standard InChI is InChI=1S/C36H25N5/c1-23-38-24(2)40-36(39-23)29-13-14-30(22-37)33(21-29)41-34-19-27(25-9-5-3-6-10-25)15-17-31(34)32-18-16-28(20-35(32)41)26-11-7-4-8-12-26/h3-21H,1-2H3. The minimum absolute atomic E-state index is 0.574. The van der Waals surface area contributed by atoms with Crippen LogP contribution in [-0.2, 0) is 0 Å². The lowest BCUT2D eigenvalue weighted by Crippen LogP contribution is -2.02. The Balaban J connectivity index is 1.56. The molecule has 0 atom stereocenters. The molecule has 0 bridgehead atoms. The van der Waals surface area contributed by atoms with Crippen LogP contribution < -0.4 is 0 Å². The average molecular weight is 528 g/mol. The fourth-order valence-electron chi connectivity index (χ4n) is 5.59. The first-order valence-corrected chi connectivity index (χ1v) is 13.5. The van der Waals surface area contributed by atoms with Crippen LogP contribution in [0.1, 0.15) is 17.2 Å². The van der Waals surface area contributed by atoms with Crippen molar-refractivity contribution in [3.05, 3.63) is 132 Å². The molecule has 0 saturated carbocycles. The Labute approximate surface area is 238 Å². The molecule has 41 heavy (non-hydrogen) atoms. The van der Waals surface area contributed by atoms with Crippen molar-refractivity contribution >= 4 is 21.8 Å². The molecule has 0 amide bonds. The molecule has 0 saturated heterocycles. The summed E-state index contributed by atoms with van der Waals surface area (Å²) >= 11 is 0. The van der Waals surface area contributed by atoms with Gasteiger partial charge in [-0.05, 0) is 66.4 Å². The molecule has 194 valence electrons. The maximum Gasteiger partial charge on any atom is 0.163 e. The normalized spacial score (nSPS) is 11.1. The number of benzene rings is 5. The van der Waals surface area contributed by atoms with Crippen LogP contribution in [0.25, 0.3) is 61.1 Å². The maximum atomic E-state index is 10.3. The SMILES string of the molecule is Cc1nc(C)nc(-c2ccc(C#N)c(-n3c4cc(-c5ccccc5)ccc4c4ccc(-c5ccccc5)cc43)c2)n1. The molecule has 0 spiro atoms. The second-order valence-corrected chi connectivity index (χ2v) is 10.1. The summed E-state index contributed by atoms with van der Waals surface area (Å²) in [6.07, 6.45) is 0. The minimum Gasteiger partial charge on any atom is -0.308 e. The molecule has 0 unspecified atom stereocenters. The Morgan fingerprint density at radius 3 is 1.56 bits per heavy atom. The van der Waals surface area contributed by atoms with Gasteiger partial charge in [-0.1, -0.05) is 84.9 Å². The molecule has 0 fully saturated rings. The lowest BCUT2D eigenvalue weighted by molar-refractivity contribution is 0.928. The molecule has 0 aliphatic rings. The van der Waals surface area contributed by atoms with Gasteiger partial charge < -0.3 is 4.57 Å². The Bertz CT molecular complexity index is 2000. The number of aryl methyl sites for hydroxylation is 2. The third-order valence-electron chi connectivity index (χ3n) is 7.46. The molecule has 5 heteroatoms. The van der Waals surface area contributed by atoms with Gasteiger partial charge in [0, 0.05) is 16.3 Å². The average Bonchev–Trinajstić information content (AvgIpc) is 3.34. The molecule has 0 aliphatic carbocycles. The summed E-state index contributed by atoms with van der Waals surface area (Å²) in [5, 5.41) is 12.5. The number of nitriles is 1. The molecule has 7 rings (SSSR count). The van der Waals surface area contributed by atoms with E-state index < -0.39 is 0 Å². The quantitative estimate of drug-likeness (QED) is 0.230. The Hall–Kier alpha value is -5.60. The minimum atomic E-state index is 0.574. The van der Waals surface area contributed by atoms with Crippen LogP contribution in [0.3, 0.4) is 0 Å². The fraction of sp³-hybridized carbons (Fsp3) is 0.0556. The summed E-state index contributed by atoms with van der Waals surface area (Å²) < 4.78 is 2.21. The van der Waals surface area contributed by atoms with Gasteiger partial charge in [-0.15, -0.1) is 0 Å². The molecule has 7 aromatic rings. The molecule has 5 nitrogen and oxygen atoms in total. The highest BCUT2D eigenvalue weighted by Gasteiger charge is 2.18. The highest BCUT2D eigenvalue weighted by Crippen LogP contribution is 2.38. The zero-order valence-electron chi connectivity index (χ0n) is 22.7. The van der Waals surface area contributed by atoms with Crippen molar-refractivity contribution in [1.82, 2.24) is 19.5 Å². The second kappa shape index (κ2) is 9.86. The maximum absolute atomic E-state index is 10.3. The van der Waals surface area contributed by atoms with Gasteiger partial charge in [0.25, 0.3) is 0 Å². The number of fused-ring (bicyclic) bond motifs is 3. The van der Waals surface area contributed by atoms with Crippen LogP contribution in [-0.4, -0.2) is 19.5 Å². The van der Waals surface area contributed by atoms with Crippen molar-refractivity contribution < 1.29 is 0 Å². The van der Waals surface area contributed by atoms with Gasteiger partial charge >= 0.3 is 0 Å². The van der Waals surface area contributed by atoms with E-state index in [2.05, 4.69) is 111 Å². The number of rotatable bonds is 4. The topological polar surface area (TPSA) is 67.4 Å². The van der Waals surface area contributed by atoms with E-state index in [0.29, 0.717) is 23.0 Å². The van der Waals surface area contributed by atoms with Crippen molar-refractivity contribution in [3.8, 4) is 45.4 Å². The molecule has 0 aliphatic heterocycles. The summed E-state index contributed by atoms with van der Waals surface area (Å²) in [6.45, 7) is 3.73. The summed E-state index contributed by atoms with van der Waals surface area (Å²) in [5.41, 5.74) is 8.77. The number of hydrogen-bond acceptors (Lipinski definition) is 4. The Morgan fingerprint density at radius 2 is 1.05 bits per heavy atom. The van der Waals surface area contributed by atoms with E-state index in [4.69, 9.17) is 0 Å². The number of nitrogens with zero attached hydrogens (tertiary/aromatic N) is 5. The second-order valence-electron chi connectivity index (χ2n) is 10.1. The van der Waals surface area contributed by atoms with E-state index in [1.165, 1.54) is 0 Å². The van der Waals surface area contributed by atoms with Gasteiger partial charge in [0.1, 0.15) is 17.7 Å². The predicted molar refractivity (Wildman–Crippen MR) is 165 cm³/mol. The van der Waals surface area contributed by atoms with Crippen molar-refractivity contribution in [1.29, 1.82) is 5.26 Å². The molecule has 0 radical (unpaired) electrons. The van der Waals surface area contributed by atoms with E-state index in [1.807, 2.05) is 44.2 Å². The monoisotopic (exact) mass is 527 g/mol. The van der Waals surface area contributed by atoms with Gasteiger partial charge in [-0.3, -0.25) is 0 Å². The van der Waals surface area contributed by atoms with Gasteiger partial charge in [0.15, 0.2) is 5.82 Å². The van der Waals surface area contributed by atoms with Crippen molar-refractivity contribution in [2.24, 2.45) is 0 Å². The number of hydrogen-bond donors (Lipinski definition) is 0. The highest BCUT2D eigenvalue weighted by atomic mass is 15.0. The van der Waals surface area contributed by atoms with Gasteiger partial charge in [0.2, 0.25) is 0 Å². The zero-order valence-corrected chi connectivity index (χ0v) is 22.7. The first-order chi connectivity index (χ1) is 20.1. The van der Waals surface area contributed by atoms with E-state index in [9.17, 15) is 5.26 Å². The molecule has 0 N–H and O–H groups in total. The summed E-state index contributed by atoms with van der Waals surface area (Å²) in [7, 11) is 0. The van der Waals surface area contributed by atoms with Crippen LogP contribution >= 0.6 is 0 Å². The van der Waals surface area contributed by atoms with E-state index in [1.54, 1.807) is 0 Å². The number of aromatic nitrogens is 4. The summed E-state index contributed by atoms with van der Waals surface area (Å²) in [5.74, 6) is 1.92. The summed E-state index contributed by atoms with van der Waals surface area (Å²) in [4.78, 5) is 13.5. The van der Waals surface area contributed by atoms with Crippen LogP contribution in [0.2, 0.25) is 0 Å². The predicted octanol–water partition coefficient (Wildman–Crippen LogP) is 8.46. The van der Waals surface area contributed by atoms with Crippen molar-refractivity contribution in [2.75, 3.05) is 0 Å². The van der Waals surface area contributed by atoms with Crippen molar-refractivity contribution in [2.45, 2.75) is 13.8 Å². The van der Waals surface area contributed by atoms with E-state index in [0.717, 1.165) is 55.3 Å². The fourth-order valence-corrected chi connectivity index (χ4v) is 5.59. The Morgan fingerprint density at radius 1 is 0.537 bits per heavy atom. The molecule has 5 aromatic carbocycles. The third kappa shape index (κ3) is 4.32. The van der Waals surface area contributed by atoms with Crippen LogP contribution in [0.5, 0.6) is 0 Å². The van der Waals surface area contributed by atoms with E-state index >= 15 is 0 Å². The van der Waals surface area contributed by atoms with Crippen LogP contribution in [0, 0.1) is 25.2 Å². The smallest absolute Gasteiger partial charge is 0.163 e. The van der Waals surface area contributed by atoms with Gasteiger partial charge in [-0.25, -0.2) is 15.0 Å². The lowest BCUT2D eigenvalue weighted by atomic mass is 10.0. The van der Waals surface area contributed by atoms with Crippen LogP contribution in [0.15, 0.2) is 115 Å². The third-order valence-corrected chi connectivity index (χ3v) is 7.46. The van der Waals surface area contributed by atoms with Crippen molar-refractivity contribution in [3.63, 3.8) is 0 Å². The Kier molecular flexibility index (Phi) is 5.88. The zero-order chi connectivity index (χ0) is 27.9. The van der Waals surface area contributed by atoms with Gasteiger partial charge in [0.05, 0.1) is 22.3 Å². The highest BCUT2D eigenvalue weighted by molar-refractivity contribution is 6.11. The molecular weight excluding hydrogens is 502 g/mol. The largest absolute Gasteiger partial charge is 0.308 e. The molecular formula is C36H25N5. The molecule has 2 heterocycles. The molecule has 2 aromatic heterocycles. The van der Waals surface area contributed by atoms with Gasteiger partial charge in [-0.2, -0.15) is 5.26 Å². The summed E-state index contributed by atoms with van der Waals surface area (Å²) in [6, 6.07) is 42.1. The first-order valence-electron chi connectivity index (χ1n) is 13.5. The van der Waals surface area contributed by atoms with E-state index in [-0.39, 0.29) is 0 Å². The first kappa shape index (κ1) is 24.4. The lowest BCUT2D eigenvalue weighted by Gasteiger charge is -2.13.